The van der Waals surface area contributed by atoms with Crippen LogP contribution in [0.3, 0.4) is 0 Å². The second-order valence-corrected chi connectivity index (χ2v) is 16.2. The molecule has 0 saturated carbocycles. The van der Waals surface area contributed by atoms with Gasteiger partial charge in [0.2, 0.25) is 10.0 Å². The van der Waals surface area contributed by atoms with Crippen LogP contribution in [-0.2, 0) is 47.9 Å². The first-order valence-corrected chi connectivity index (χ1v) is 22.5. The zero-order chi connectivity index (χ0) is 43.8. The number of carbonyl (C=O) groups is 1. The van der Waals surface area contributed by atoms with E-state index in [0.717, 1.165) is 97.0 Å². The first-order valence-electron chi connectivity index (χ1n) is 20.8. The molecule has 320 valence electrons. The molecule has 1 heterocycles. The minimum absolute atomic E-state index is 0.0630. The number of piperidine rings is 1. The highest BCUT2D eigenvalue weighted by molar-refractivity contribution is 7.88. The topological polar surface area (TPSA) is 66.5 Å². The molecule has 5 nitrogen and oxygen atoms in total. The summed E-state index contributed by atoms with van der Waals surface area (Å²) in [6.45, 7) is 15.6. The maximum atomic E-state index is 12.8. The van der Waals surface area contributed by atoms with Crippen LogP contribution in [0.1, 0.15) is 109 Å². The van der Waals surface area contributed by atoms with Crippen LogP contribution >= 0.6 is 0 Å². The van der Waals surface area contributed by atoms with Gasteiger partial charge >= 0.3 is 0 Å². The van der Waals surface area contributed by atoms with Gasteiger partial charge in [-0.3, -0.25) is 4.79 Å². The van der Waals surface area contributed by atoms with Crippen LogP contribution in [0, 0.1) is 31.3 Å². The summed E-state index contributed by atoms with van der Waals surface area (Å²) in [5.74, 6) is -0.0491. The molecule has 1 N–H and O–H groups in total. The van der Waals surface area contributed by atoms with E-state index in [1.165, 1.54) is 36.7 Å². The number of hydrogen-bond acceptors (Lipinski definition) is 3. The van der Waals surface area contributed by atoms with E-state index >= 15 is 0 Å². The van der Waals surface area contributed by atoms with E-state index in [1.54, 1.807) is 32.0 Å². The molecule has 1 fully saturated rings. The largest absolute Gasteiger partial charge is 0.339 e. The summed E-state index contributed by atoms with van der Waals surface area (Å²) in [6, 6.07) is 33.0. The van der Waals surface area contributed by atoms with Crippen molar-refractivity contribution in [2.75, 3.05) is 20.1 Å². The Labute approximate surface area is 353 Å². The second-order valence-electron chi connectivity index (χ2n) is 14.3. The van der Waals surface area contributed by atoms with Crippen molar-refractivity contribution in [3.05, 3.63) is 177 Å². The van der Waals surface area contributed by atoms with Gasteiger partial charge in [0.15, 0.2) is 0 Å². The molecule has 1 saturated heterocycles. The molecule has 1 amide bonds. The van der Waals surface area contributed by atoms with Gasteiger partial charge in [-0.2, -0.15) is 0 Å². The van der Waals surface area contributed by atoms with Gasteiger partial charge in [0.1, 0.15) is 17.5 Å². The van der Waals surface area contributed by atoms with E-state index in [9.17, 15) is 26.4 Å². The van der Waals surface area contributed by atoms with Gasteiger partial charge in [0, 0.05) is 18.7 Å². The highest BCUT2D eigenvalue weighted by Gasteiger charge is 2.17. The van der Waals surface area contributed by atoms with Gasteiger partial charge < -0.3 is 4.90 Å². The summed E-state index contributed by atoms with van der Waals surface area (Å²) in [5.41, 5.74) is 8.58. The Morgan fingerprint density at radius 1 is 0.559 bits per heavy atom. The van der Waals surface area contributed by atoms with Crippen LogP contribution in [0.4, 0.5) is 13.2 Å². The third-order valence-electron chi connectivity index (χ3n) is 10.0. The molecular weight excluding hydrogens is 766 g/mol. The normalized spacial score (nSPS) is 11.9. The Hall–Kier alpha value is -4.73. The van der Waals surface area contributed by atoms with Crippen molar-refractivity contribution in [1.29, 1.82) is 0 Å². The molecule has 0 spiro atoms. The van der Waals surface area contributed by atoms with Gasteiger partial charge in [-0.15, -0.1) is 0 Å². The van der Waals surface area contributed by atoms with Crippen molar-refractivity contribution in [2.45, 2.75) is 106 Å². The quantitative estimate of drug-likeness (QED) is 0.161. The minimum Gasteiger partial charge on any atom is -0.339 e. The Morgan fingerprint density at radius 3 is 1.56 bits per heavy atom. The van der Waals surface area contributed by atoms with Crippen molar-refractivity contribution < 1.29 is 26.4 Å². The molecule has 0 atom stereocenters. The minimum atomic E-state index is -3.16. The number of carbonyl (C=O) groups excluding carboxylic acids is 1. The van der Waals surface area contributed by atoms with Gasteiger partial charge in [-0.1, -0.05) is 113 Å². The average molecular weight is 831 g/mol. The number of nitrogens with one attached hydrogen (secondary N) is 1. The predicted octanol–water partition coefficient (Wildman–Crippen LogP) is 12.0. The molecule has 5 aromatic rings. The molecule has 9 heteroatoms. The number of rotatable bonds is 9. The van der Waals surface area contributed by atoms with Crippen LogP contribution in [0.2, 0.25) is 0 Å². The monoisotopic (exact) mass is 830 g/mol. The first kappa shape index (κ1) is 50.4. The van der Waals surface area contributed by atoms with Gasteiger partial charge in [-0.25, -0.2) is 26.3 Å². The maximum absolute atomic E-state index is 12.8. The molecule has 0 unspecified atom stereocenters. The number of amides is 1. The van der Waals surface area contributed by atoms with Crippen molar-refractivity contribution in [2.24, 2.45) is 0 Å². The standard InChI is InChI=1S/C14H19NO.C10H15NO2S.2C9H11F.C8H9F/c1-2-12-6-8-13(9-7-12)14(16)15-10-4-3-5-11-15;1-3-9-6-4-5-7-10(9)8-14(12,13)11-2;1-3-8-4-5-9(10)7(2)6-8;1-3-8-5-4-7(2)9(10)6-8;1-2-7-5-3-4-6-8(7)9/h6-9H,2-5,10-11H2,1H3;4-7,11H,3,8H2,1-2H3;2*4-6H,3H2,1-2H3;3-6H,2H2,1H3. The summed E-state index contributed by atoms with van der Waals surface area (Å²) in [5, 5.41) is 0. The zero-order valence-electron chi connectivity index (χ0n) is 36.4. The Morgan fingerprint density at radius 2 is 1.07 bits per heavy atom. The summed E-state index contributed by atoms with van der Waals surface area (Å²) in [4.78, 5) is 14.1. The maximum Gasteiger partial charge on any atom is 0.253 e. The molecule has 0 aliphatic carbocycles. The molecular formula is C50H65F3N2O3S. The predicted molar refractivity (Wildman–Crippen MR) is 240 cm³/mol. The summed E-state index contributed by atoms with van der Waals surface area (Å²) >= 11 is 0. The lowest BCUT2D eigenvalue weighted by atomic mass is 10.1. The van der Waals surface area contributed by atoms with E-state index < -0.39 is 10.0 Å². The van der Waals surface area contributed by atoms with E-state index in [-0.39, 0.29) is 29.1 Å². The summed E-state index contributed by atoms with van der Waals surface area (Å²) < 4.78 is 63.0. The lowest BCUT2D eigenvalue weighted by Gasteiger charge is -2.26. The van der Waals surface area contributed by atoms with Gasteiger partial charge in [0.25, 0.3) is 5.91 Å². The number of sulfonamides is 1. The summed E-state index contributed by atoms with van der Waals surface area (Å²) in [7, 11) is -1.72. The number of hydrogen-bond donors (Lipinski definition) is 1. The number of aryl methyl sites for hydroxylation is 7. The van der Waals surface area contributed by atoms with Crippen molar-refractivity contribution in [3.8, 4) is 0 Å². The van der Waals surface area contributed by atoms with E-state index in [0.29, 0.717) is 0 Å². The third kappa shape index (κ3) is 18.4. The molecule has 5 aromatic carbocycles. The number of halogens is 3. The van der Waals surface area contributed by atoms with Crippen LogP contribution in [0.25, 0.3) is 0 Å². The van der Waals surface area contributed by atoms with E-state index in [4.69, 9.17) is 0 Å². The van der Waals surface area contributed by atoms with Gasteiger partial charge in [0.05, 0.1) is 5.75 Å². The fraction of sp³-hybridized carbons (Fsp3) is 0.380. The van der Waals surface area contributed by atoms with Crippen LogP contribution in [0.15, 0.2) is 109 Å². The fourth-order valence-electron chi connectivity index (χ4n) is 6.05. The Kier molecular flexibility index (Phi) is 23.2. The highest BCUT2D eigenvalue weighted by Crippen LogP contribution is 2.15. The summed E-state index contributed by atoms with van der Waals surface area (Å²) in [6.07, 6.45) is 8.09. The molecule has 0 aromatic heterocycles. The molecule has 6 rings (SSSR count). The number of nitrogens with zero attached hydrogens (tertiary/aromatic N) is 1. The lowest BCUT2D eigenvalue weighted by Crippen LogP contribution is -2.35. The van der Waals surface area contributed by atoms with Crippen molar-refractivity contribution in [3.63, 3.8) is 0 Å². The van der Waals surface area contributed by atoms with Crippen LogP contribution in [0.5, 0.6) is 0 Å². The molecule has 1 aliphatic heterocycles. The molecule has 0 radical (unpaired) electrons. The lowest BCUT2D eigenvalue weighted by molar-refractivity contribution is 0.0724. The zero-order valence-corrected chi connectivity index (χ0v) is 37.2. The first-order chi connectivity index (χ1) is 28.2. The van der Waals surface area contributed by atoms with E-state index in [2.05, 4.69) is 30.7 Å². The number of likely N-dealkylation sites (tertiary alicyclic amines) is 1. The van der Waals surface area contributed by atoms with Gasteiger partial charge in [-0.05, 0) is 147 Å². The molecule has 1 aliphatic rings. The SMILES string of the molecule is CCc1ccc(C(=O)N2CCCCC2)cc1.CCc1ccc(C)c(F)c1.CCc1ccc(F)c(C)c1.CCc1ccccc1CS(=O)(=O)NC.CCc1ccccc1F. The molecule has 0 bridgehead atoms. The Balaban J connectivity index is 0.000000259. The third-order valence-corrected chi connectivity index (χ3v) is 11.3. The number of benzene rings is 5. The smallest absolute Gasteiger partial charge is 0.253 e. The average Bonchev–Trinajstić information content (AvgIpc) is 3.27. The fourth-order valence-corrected chi connectivity index (χ4v) is 6.89. The van der Waals surface area contributed by atoms with Crippen molar-refractivity contribution in [1.82, 2.24) is 9.62 Å². The molecule has 59 heavy (non-hydrogen) atoms. The van der Waals surface area contributed by atoms with Crippen LogP contribution < -0.4 is 4.72 Å². The van der Waals surface area contributed by atoms with Crippen molar-refractivity contribution >= 4 is 15.9 Å². The highest BCUT2D eigenvalue weighted by atomic mass is 32.2. The van der Waals surface area contributed by atoms with E-state index in [1.807, 2.05) is 92.4 Å². The Bertz CT molecular complexity index is 2050. The van der Waals surface area contributed by atoms with Crippen LogP contribution in [-0.4, -0.2) is 39.4 Å². The second kappa shape index (κ2) is 27.1.